The molecule has 0 radical (unpaired) electrons. The fourth-order valence-corrected chi connectivity index (χ4v) is 4.16. The second kappa shape index (κ2) is 13.0. The molecule has 210 valence electrons. The van der Waals surface area contributed by atoms with E-state index in [-0.39, 0.29) is 36.5 Å². The molecule has 0 saturated carbocycles. The quantitative estimate of drug-likeness (QED) is 0.131. The molecule has 1 saturated heterocycles. The number of phenols is 2. The molecule has 38 heavy (non-hydrogen) atoms. The first kappa shape index (κ1) is 29.4. The van der Waals surface area contributed by atoms with Crippen molar-refractivity contribution in [3.05, 3.63) is 47.2 Å². The molecule has 1 aromatic rings. The molecule has 0 spiro atoms. The van der Waals surface area contributed by atoms with Crippen LogP contribution in [0.2, 0.25) is 0 Å². The van der Waals surface area contributed by atoms with Gasteiger partial charge in [-0.2, -0.15) is 0 Å². The van der Waals surface area contributed by atoms with E-state index in [4.69, 9.17) is 23.7 Å². The summed E-state index contributed by atoms with van der Waals surface area (Å²) in [6.07, 6.45) is -6.39. The first-order chi connectivity index (χ1) is 18.1. The molecule has 6 N–H and O–H groups in total. The second-order valence-electron chi connectivity index (χ2n) is 8.71. The summed E-state index contributed by atoms with van der Waals surface area (Å²) in [5, 5.41) is 58.8. The zero-order chi connectivity index (χ0) is 28.0. The molecule has 4 unspecified atom stereocenters. The third-order valence-corrected chi connectivity index (χ3v) is 6.29. The number of ether oxygens (including phenoxy) is 5. The lowest BCUT2D eigenvalue weighted by Crippen LogP contribution is -2.60. The Balaban J connectivity index is 1.71. The van der Waals surface area contributed by atoms with Crippen molar-refractivity contribution in [2.45, 2.75) is 56.8 Å². The van der Waals surface area contributed by atoms with Crippen LogP contribution in [0.25, 0.3) is 0 Å². The molecule has 2 aliphatic rings. The van der Waals surface area contributed by atoms with Gasteiger partial charge in [0.15, 0.2) is 17.8 Å². The Kier molecular flexibility index (Phi) is 10.1. The lowest BCUT2D eigenvalue weighted by Gasteiger charge is -2.41. The highest BCUT2D eigenvalue weighted by Crippen LogP contribution is 2.36. The lowest BCUT2D eigenvalue weighted by atomic mass is 9.86. The number of esters is 2. The summed E-state index contributed by atoms with van der Waals surface area (Å²) in [6.45, 7) is 0.912. The number of benzene rings is 1. The van der Waals surface area contributed by atoms with Crippen molar-refractivity contribution < 1.29 is 63.9 Å². The summed E-state index contributed by atoms with van der Waals surface area (Å²) in [4.78, 5) is 25.1. The zero-order valence-corrected chi connectivity index (χ0v) is 20.8. The van der Waals surface area contributed by atoms with Gasteiger partial charge in [-0.05, 0) is 24.6 Å². The first-order valence-corrected chi connectivity index (χ1v) is 11.8. The summed E-state index contributed by atoms with van der Waals surface area (Å²) in [6, 6.07) is 4.23. The number of allylic oxidation sites excluding steroid dienone is 1. The van der Waals surface area contributed by atoms with E-state index in [2.05, 4.69) is 0 Å². The number of aromatic hydroxyl groups is 2. The van der Waals surface area contributed by atoms with E-state index in [0.717, 1.165) is 13.4 Å². The number of phenolic OH excluding ortho intramolecular Hbond substituents is 2. The average molecular weight is 541 g/mol. The SMILES string of the molecule is C/C=C1\C(CC(=O)OCCc2ccc(O)c(O)c2)C(C(=O)OC)=CO[C@H]1O[C@@H]1OC(CO)[C@@H](O)C(O)C1O. The minimum Gasteiger partial charge on any atom is -0.504 e. The monoisotopic (exact) mass is 540 g/mol. The summed E-state index contributed by atoms with van der Waals surface area (Å²) in [7, 11) is 1.16. The van der Waals surface area contributed by atoms with Crippen LogP contribution >= 0.6 is 0 Å². The van der Waals surface area contributed by atoms with Crippen molar-refractivity contribution in [2.24, 2.45) is 5.92 Å². The number of hydrogen-bond donors (Lipinski definition) is 6. The Morgan fingerprint density at radius 3 is 2.45 bits per heavy atom. The van der Waals surface area contributed by atoms with Crippen LogP contribution in [0, 0.1) is 5.92 Å². The normalized spacial score (nSPS) is 30.3. The largest absolute Gasteiger partial charge is 0.504 e. The van der Waals surface area contributed by atoms with Gasteiger partial charge in [-0.3, -0.25) is 4.79 Å². The summed E-state index contributed by atoms with van der Waals surface area (Å²) >= 11 is 0. The number of carbonyl (C=O) groups excluding carboxylic acids is 2. The molecule has 0 amide bonds. The van der Waals surface area contributed by atoms with E-state index in [1.165, 1.54) is 12.1 Å². The molecule has 0 bridgehead atoms. The number of methoxy groups -OCH3 is 1. The van der Waals surface area contributed by atoms with E-state index in [9.17, 15) is 40.2 Å². The smallest absolute Gasteiger partial charge is 0.337 e. The van der Waals surface area contributed by atoms with E-state index < -0.39 is 61.5 Å². The van der Waals surface area contributed by atoms with Crippen LogP contribution in [0.5, 0.6) is 11.5 Å². The van der Waals surface area contributed by atoms with Gasteiger partial charge in [-0.25, -0.2) is 4.79 Å². The van der Waals surface area contributed by atoms with Gasteiger partial charge in [-0.1, -0.05) is 12.1 Å². The van der Waals surface area contributed by atoms with Crippen molar-refractivity contribution in [3.63, 3.8) is 0 Å². The molecule has 0 aliphatic carbocycles. The Hall–Kier alpha value is -3.20. The highest BCUT2D eigenvalue weighted by molar-refractivity contribution is 5.90. The number of aliphatic hydroxyl groups excluding tert-OH is 4. The van der Waals surface area contributed by atoms with Gasteiger partial charge in [0.1, 0.15) is 24.4 Å². The maximum absolute atomic E-state index is 12.7. The number of aliphatic hydroxyl groups is 4. The Morgan fingerprint density at radius 2 is 1.82 bits per heavy atom. The van der Waals surface area contributed by atoms with Crippen LogP contribution in [0.4, 0.5) is 0 Å². The minimum absolute atomic E-state index is 0.00894. The van der Waals surface area contributed by atoms with E-state index in [1.54, 1.807) is 19.1 Å². The molecular weight excluding hydrogens is 508 g/mol. The third-order valence-electron chi connectivity index (χ3n) is 6.29. The van der Waals surface area contributed by atoms with Crippen molar-refractivity contribution in [1.82, 2.24) is 0 Å². The van der Waals surface area contributed by atoms with Gasteiger partial charge in [0.05, 0.1) is 38.6 Å². The number of carbonyl (C=O) groups is 2. The van der Waals surface area contributed by atoms with Crippen molar-refractivity contribution in [3.8, 4) is 11.5 Å². The molecule has 2 aliphatic heterocycles. The molecule has 0 aromatic heterocycles. The lowest BCUT2D eigenvalue weighted by molar-refractivity contribution is -0.327. The van der Waals surface area contributed by atoms with Crippen LogP contribution in [0.1, 0.15) is 18.9 Å². The molecular formula is C25H32O13. The first-order valence-electron chi connectivity index (χ1n) is 11.8. The molecule has 1 fully saturated rings. The topological polar surface area (TPSA) is 202 Å². The second-order valence-corrected chi connectivity index (χ2v) is 8.71. The van der Waals surface area contributed by atoms with Gasteiger partial charge < -0.3 is 54.3 Å². The predicted octanol–water partition coefficient (Wildman–Crippen LogP) is -0.634. The van der Waals surface area contributed by atoms with Gasteiger partial charge in [-0.15, -0.1) is 0 Å². The minimum atomic E-state index is -1.69. The van der Waals surface area contributed by atoms with Crippen molar-refractivity contribution >= 4 is 11.9 Å². The van der Waals surface area contributed by atoms with Crippen LogP contribution < -0.4 is 0 Å². The van der Waals surface area contributed by atoms with Gasteiger partial charge in [0, 0.05) is 17.9 Å². The highest BCUT2D eigenvalue weighted by Gasteiger charge is 2.46. The summed E-state index contributed by atoms with van der Waals surface area (Å²) in [5.74, 6) is -2.89. The average Bonchev–Trinajstić information content (AvgIpc) is 2.90. The highest BCUT2D eigenvalue weighted by atomic mass is 16.8. The van der Waals surface area contributed by atoms with Crippen molar-refractivity contribution in [2.75, 3.05) is 20.3 Å². The summed E-state index contributed by atoms with van der Waals surface area (Å²) in [5.41, 5.74) is 0.927. The van der Waals surface area contributed by atoms with Crippen LogP contribution in [0.3, 0.4) is 0 Å². The van der Waals surface area contributed by atoms with E-state index in [1.807, 2.05) is 0 Å². The third kappa shape index (κ3) is 6.62. The van der Waals surface area contributed by atoms with Crippen molar-refractivity contribution in [1.29, 1.82) is 0 Å². The molecule has 7 atom stereocenters. The van der Waals surface area contributed by atoms with Crippen LogP contribution in [-0.2, 0) is 39.7 Å². The predicted molar refractivity (Wildman–Crippen MR) is 126 cm³/mol. The number of hydrogen-bond acceptors (Lipinski definition) is 13. The molecule has 13 heteroatoms. The molecule has 3 rings (SSSR count). The van der Waals surface area contributed by atoms with E-state index >= 15 is 0 Å². The maximum Gasteiger partial charge on any atom is 0.337 e. The van der Waals surface area contributed by atoms with Crippen LogP contribution in [-0.4, -0.2) is 99.9 Å². The van der Waals surface area contributed by atoms with Gasteiger partial charge in [0.25, 0.3) is 0 Å². The standard InChI is InChI=1S/C25H32O13/c1-3-13-14(9-19(29)35-7-6-12-4-5-16(27)17(28)8-12)15(23(33)34-2)11-36-24(13)38-25-22(32)21(31)20(30)18(10-26)37-25/h3-5,8,11,14,18,20-22,24-28,30-32H,6-7,9-10H2,1-2H3/b13-3+/t14?,18?,20-,21?,22?,24+,25+/m1/s1. The Labute approximate surface area is 218 Å². The molecule has 13 nitrogen and oxygen atoms in total. The molecule has 2 heterocycles. The van der Waals surface area contributed by atoms with Gasteiger partial charge >= 0.3 is 11.9 Å². The van der Waals surface area contributed by atoms with Crippen LogP contribution in [0.15, 0.2) is 41.7 Å². The number of rotatable bonds is 9. The maximum atomic E-state index is 12.7. The fourth-order valence-electron chi connectivity index (χ4n) is 4.16. The van der Waals surface area contributed by atoms with Gasteiger partial charge in [0.2, 0.25) is 6.29 Å². The summed E-state index contributed by atoms with van der Waals surface area (Å²) < 4.78 is 26.7. The van der Waals surface area contributed by atoms with E-state index in [0.29, 0.717) is 11.1 Å². The fraction of sp³-hybridized carbons (Fsp3) is 0.520. The Morgan fingerprint density at radius 1 is 1.08 bits per heavy atom. The zero-order valence-electron chi connectivity index (χ0n) is 20.8. The molecule has 1 aromatic carbocycles. The Bertz CT molecular complexity index is 1050.